The van der Waals surface area contributed by atoms with Gasteiger partial charge in [-0.1, -0.05) is 6.92 Å². The summed E-state index contributed by atoms with van der Waals surface area (Å²) in [6.07, 6.45) is 2.97. The predicted molar refractivity (Wildman–Crippen MR) is 73.7 cm³/mol. The van der Waals surface area contributed by atoms with E-state index in [-0.39, 0.29) is 23.1 Å². The molecule has 0 aromatic carbocycles. The van der Waals surface area contributed by atoms with Gasteiger partial charge in [0.1, 0.15) is 5.69 Å². The third-order valence-corrected chi connectivity index (χ3v) is 3.87. The molecular formula is C12H17ClN4O2. The van der Waals surface area contributed by atoms with Crippen molar-refractivity contribution >= 4 is 23.1 Å². The van der Waals surface area contributed by atoms with Gasteiger partial charge in [-0.2, -0.15) is 4.98 Å². The van der Waals surface area contributed by atoms with Crippen LogP contribution in [0.3, 0.4) is 0 Å². The molecule has 1 aliphatic heterocycles. The third kappa shape index (κ3) is 2.49. The largest absolute Gasteiger partial charge is 0.345 e. The van der Waals surface area contributed by atoms with Crippen LogP contribution < -0.4 is 4.90 Å². The van der Waals surface area contributed by atoms with Crippen LogP contribution in [0.1, 0.15) is 38.8 Å². The fourth-order valence-corrected chi connectivity index (χ4v) is 2.97. The first-order chi connectivity index (χ1) is 8.95. The van der Waals surface area contributed by atoms with Gasteiger partial charge >= 0.3 is 5.69 Å². The van der Waals surface area contributed by atoms with Crippen molar-refractivity contribution in [1.82, 2.24) is 9.97 Å². The Bertz CT molecular complexity index is 509. The van der Waals surface area contributed by atoms with Crippen molar-refractivity contribution in [3.63, 3.8) is 0 Å². The number of aryl methyl sites for hydroxylation is 1. The van der Waals surface area contributed by atoms with Crippen LogP contribution in [-0.2, 0) is 0 Å². The number of hydrogen-bond acceptors (Lipinski definition) is 5. The maximum Gasteiger partial charge on any atom is 0.332 e. The van der Waals surface area contributed by atoms with Gasteiger partial charge in [0, 0.05) is 12.1 Å². The second-order valence-corrected chi connectivity index (χ2v) is 5.24. The minimum absolute atomic E-state index is 0.0309. The second kappa shape index (κ2) is 5.28. The van der Waals surface area contributed by atoms with Gasteiger partial charge in [0.05, 0.1) is 4.92 Å². The highest BCUT2D eigenvalue weighted by Gasteiger charge is 2.36. The number of anilines is 1. The van der Waals surface area contributed by atoms with Gasteiger partial charge in [0.15, 0.2) is 0 Å². The molecule has 0 N–H and O–H groups in total. The first-order valence-electron chi connectivity index (χ1n) is 6.42. The SMILES string of the molecule is CCC1CCC(C)N1c1nc(Cl)nc(C)c1[N+](=O)[O-]. The van der Waals surface area contributed by atoms with E-state index >= 15 is 0 Å². The highest BCUT2D eigenvalue weighted by atomic mass is 35.5. The van der Waals surface area contributed by atoms with Crippen molar-refractivity contribution in [3.8, 4) is 0 Å². The molecule has 2 rings (SSSR count). The smallest absolute Gasteiger partial charge is 0.332 e. The van der Waals surface area contributed by atoms with Crippen LogP contribution in [0.5, 0.6) is 0 Å². The lowest BCUT2D eigenvalue weighted by Crippen LogP contribution is -2.35. The summed E-state index contributed by atoms with van der Waals surface area (Å²) in [6.45, 7) is 5.73. The van der Waals surface area contributed by atoms with E-state index < -0.39 is 4.92 Å². The first kappa shape index (κ1) is 14.0. The van der Waals surface area contributed by atoms with Gasteiger partial charge in [-0.15, -0.1) is 0 Å². The molecule has 1 aliphatic rings. The summed E-state index contributed by atoms with van der Waals surface area (Å²) < 4.78 is 0. The van der Waals surface area contributed by atoms with E-state index in [0.29, 0.717) is 11.5 Å². The lowest BCUT2D eigenvalue weighted by Gasteiger charge is -2.28. The molecule has 0 bridgehead atoms. The van der Waals surface area contributed by atoms with Crippen LogP contribution in [0.25, 0.3) is 0 Å². The number of nitrogens with zero attached hydrogens (tertiary/aromatic N) is 4. The Morgan fingerprint density at radius 3 is 2.74 bits per heavy atom. The Hall–Kier alpha value is -1.43. The Labute approximate surface area is 117 Å². The van der Waals surface area contributed by atoms with Crippen LogP contribution in [0.2, 0.25) is 5.28 Å². The minimum atomic E-state index is -0.418. The van der Waals surface area contributed by atoms with Gasteiger partial charge in [-0.05, 0) is 44.7 Å². The predicted octanol–water partition coefficient (Wildman–Crippen LogP) is 3.11. The molecule has 0 saturated carbocycles. The molecule has 0 radical (unpaired) electrons. The summed E-state index contributed by atoms with van der Waals surface area (Å²) in [5.74, 6) is 0.361. The summed E-state index contributed by atoms with van der Waals surface area (Å²) in [5.41, 5.74) is 0.283. The summed E-state index contributed by atoms with van der Waals surface area (Å²) in [4.78, 5) is 20.9. The summed E-state index contributed by atoms with van der Waals surface area (Å²) in [6, 6.07) is 0.507. The van der Waals surface area contributed by atoms with Crippen LogP contribution in [0.15, 0.2) is 0 Å². The highest BCUT2D eigenvalue weighted by molar-refractivity contribution is 6.28. The molecule has 7 heteroatoms. The molecule has 6 nitrogen and oxygen atoms in total. The molecule has 0 spiro atoms. The van der Waals surface area contributed by atoms with E-state index in [2.05, 4.69) is 23.8 Å². The Morgan fingerprint density at radius 1 is 1.47 bits per heavy atom. The molecule has 2 heterocycles. The Morgan fingerprint density at radius 2 is 2.16 bits per heavy atom. The zero-order valence-electron chi connectivity index (χ0n) is 11.3. The Kier molecular flexibility index (Phi) is 3.89. The summed E-state index contributed by atoms with van der Waals surface area (Å²) >= 11 is 5.87. The lowest BCUT2D eigenvalue weighted by molar-refractivity contribution is -0.385. The van der Waals surface area contributed by atoms with Crippen molar-refractivity contribution in [2.75, 3.05) is 4.90 Å². The fraction of sp³-hybridized carbons (Fsp3) is 0.667. The molecule has 1 saturated heterocycles. The summed E-state index contributed by atoms with van der Waals surface area (Å²) in [7, 11) is 0. The minimum Gasteiger partial charge on any atom is -0.345 e. The van der Waals surface area contributed by atoms with Gasteiger partial charge in [0.25, 0.3) is 0 Å². The van der Waals surface area contributed by atoms with Crippen LogP contribution in [0, 0.1) is 17.0 Å². The molecule has 104 valence electrons. The summed E-state index contributed by atoms with van der Waals surface area (Å²) in [5, 5.41) is 11.3. The van der Waals surface area contributed by atoms with Crippen molar-refractivity contribution in [1.29, 1.82) is 0 Å². The topological polar surface area (TPSA) is 72.2 Å². The van der Waals surface area contributed by atoms with Crippen molar-refractivity contribution in [2.45, 2.75) is 52.1 Å². The van der Waals surface area contributed by atoms with Gasteiger partial charge in [0.2, 0.25) is 11.1 Å². The van der Waals surface area contributed by atoms with Gasteiger partial charge in [-0.3, -0.25) is 10.1 Å². The van der Waals surface area contributed by atoms with Crippen LogP contribution >= 0.6 is 11.6 Å². The van der Waals surface area contributed by atoms with Crippen molar-refractivity contribution in [3.05, 3.63) is 21.1 Å². The number of nitro groups is 1. The average molecular weight is 285 g/mol. The molecule has 19 heavy (non-hydrogen) atoms. The van der Waals surface area contributed by atoms with E-state index in [1.165, 1.54) is 0 Å². The first-order valence-corrected chi connectivity index (χ1v) is 6.80. The molecule has 2 unspecified atom stereocenters. The quantitative estimate of drug-likeness (QED) is 0.484. The van der Waals surface area contributed by atoms with E-state index in [0.717, 1.165) is 19.3 Å². The molecule has 0 amide bonds. The van der Waals surface area contributed by atoms with Crippen molar-refractivity contribution in [2.24, 2.45) is 0 Å². The maximum atomic E-state index is 11.3. The number of hydrogen-bond donors (Lipinski definition) is 0. The number of rotatable bonds is 3. The molecule has 1 fully saturated rings. The third-order valence-electron chi connectivity index (χ3n) is 3.70. The van der Waals surface area contributed by atoms with Crippen LogP contribution in [-0.4, -0.2) is 27.0 Å². The van der Waals surface area contributed by atoms with E-state index in [9.17, 15) is 10.1 Å². The fourth-order valence-electron chi connectivity index (χ4n) is 2.77. The van der Waals surface area contributed by atoms with Crippen molar-refractivity contribution < 1.29 is 4.92 Å². The Balaban J connectivity index is 2.57. The molecule has 0 aliphatic carbocycles. The monoisotopic (exact) mass is 284 g/mol. The second-order valence-electron chi connectivity index (χ2n) is 4.90. The lowest BCUT2D eigenvalue weighted by atomic mass is 10.1. The molecule has 1 aromatic rings. The van der Waals surface area contributed by atoms with Crippen LogP contribution in [0.4, 0.5) is 11.5 Å². The molecular weight excluding hydrogens is 268 g/mol. The van der Waals surface area contributed by atoms with Gasteiger partial charge in [-0.25, -0.2) is 4.98 Å². The highest BCUT2D eigenvalue weighted by Crippen LogP contribution is 2.37. The number of aromatic nitrogens is 2. The number of halogens is 1. The zero-order chi connectivity index (χ0) is 14.2. The van der Waals surface area contributed by atoms with Gasteiger partial charge < -0.3 is 4.90 Å². The van der Waals surface area contributed by atoms with E-state index in [1.54, 1.807) is 6.92 Å². The standard InChI is InChI=1S/C12H17ClN4O2/c1-4-9-6-5-7(2)16(9)11-10(17(18)19)8(3)14-12(13)15-11/h7,9H,4-6H2,1-3H3. The average Bonchev–Trinajstić information content (AvgIpc) is 2.68. The normalized spacial score (nSPS) is 22.8. The zero-order valence-corrected chi connectivity index (χ0v) is 12.0. The molecule has 1 aromatic heterocycles. The van der Waals surface area contributed by atoms with E-state index in [4.69, 9.17) is 11.6 Å². The maximum absolute atomic E-state index is 11.3. The molecule has 2 atom stereocenters. The van der Waals surface area contributed by atoms with E-state index in [1.807, 2.05) is 4.90 Å².